The van der Waals surface area contributed by atoms with Crippen LogP contribution in [0.4, 0.5) is 0 Å². The normalized spacial score (nSPS) is 23.9. The third-order valence-corrected chi connectivity index (χ3v) is 3.09. The molecular weight excluding hydrogens is 234 g/mol. The molecule has 1 fully saturated rings. The summed E-state index contributed by atoms with van der Waals surface area (Å²) in [6.45, 7) is 6.41. The Labute approximate surface area is 108 Å². The molecule has 0 aromatic rings. The SMILES string of the molecule is CCOC(=O)C(C)NC(=O)CC1CC(OCC)C1. The molecule has 0 radical (unpaired) electrons. The minimum Gasteiger partial charge on any atom is -0.464 e. The van der Waals surface area contributed by atoms with E-state index in [0.717, 1.165) is 19.4 Å². The summed E-state index contributed by atoms with van der Waals surface area (Å²) in [5, 5.41) is 2.66. The summed E-state index contributed by atoms with van der Waals surface area (Å²) in [6.07, 6.45) is 2.66. The molecule has 18 heavy (non-hydrogen) atoms. The number of carbonyl (C=O) groups is 2. The lowest BCUT2D eigenvalue weighted by Gasteiger charge is -2.34. The van der Waals surface area contributed by atoms with Gasteiger partial charge in [-0.3, -0.25) is 4.79 Å². The van der Waals surface area contributed by atoms with Gasteiger partial charge in [-0.2, -0.15) is 0 Å². The minimum absolute atomic E-state index is 0.0875. The summed E-state index contributed by atoms with van der Waals surface area (Å²) in [7, 11) is 0. The zero-order valence-corrected chi connectivity index (χ0v) is 11.4. The van der Waals surface area contributed by atoms with E-state index in [-0.39, 0.29) is 11.9 Å². The molecule has 0 aromatic carbocycles. The second-order valence-electron chi connectivity index (χ2n) is 4.66. The average molecular weight is 257 g/mol. The zero-order chi connectivity index (χ0) is 13.5. The van der Waals surface area contributed by atoms with Crippen molar-refractivity contribution in [2.75, 3.05) is 13.2 Å². The van der Waals surface area contributed by atoms with Gasteiger partial charge in [-0.15, -0.1) is 0 Å². The molecule has 1 N–H and O–H groups in total. The highest BCUT2D eigenvalue weighted by Crippen LogP contribution is 2.32. The van der Waals surface area contributed by atoms with Gasteiger partial charge in [0.05, 0.1) is 12.7 Å². The van der Waals surface area contributed by atoms with Crippen LogP contribution in [0.3, 0.4) is 0 Å². The van der Waals surface area contributed by atoms with Crippen molar-refractivity contribution in [2.24, 2.45) is 5.92 Å². The first-order chi connectivity index (χ1) is 8.56. The maximum atomic E-state index is 11.7. The van der Waals surface area contributed by atoms with Gasteiger partial charge < -0.3 is 14.8 Å². The van der Waals surface area contributed by atoms with Gasteiger partial charge in [0.25, 0.3) is 0 Å². The van der Waals surface area contributed by atoms with E-state index < -0.39 is 6.04 Å². The van der Waals surface area contributed by atoms with Gasteiger partial charge in [-0.05, 0) is 39.5 Å². The average Bonchev–Trinajstić information content (AvgIpc) is 2.26. The fourth-order valence-electron chi connectivity index (χ4n) is 2.10. The molecule has 0 aliphatic heterocycles. The van der Waals surface area contributed by atoms with Crippen molar-refractivity contribution < 1.29 is 19.1 Å². The van der Waals surface area contributed by atoms with Crippen molar-refractivity contribution >= 4 is 11.9 Å². The van der Waals surface area contributed by atoms with Crippen molar-refractivity contribution in [3.05, 3.63) is 0 Å². The molecule has 1 amide bonds. The highest BCUT2D eigenvalue weighted by molar-refractivity contribution is 5.84. The van der Waals surface area contributed by atoms with Crippen molar-refractivity contribution in [3.63, 3.8) is 0 Å². The summed E-state index contributed by atoms with van der Waals surface area (Å²) in [5.41, 5.74) is 0. The van der Waals surface area contributed by atoms with Gasteiger partial charge >= 0.3 is 5.97 Å². The number of ether oxygens (including phenoxy) is 2. The van der Waals surface area contributed by atoms with Crippen LogP contribution in [0.1, 0.15) is 40.0 Å². The summed E-state index contributed by atoms with van der Waals surface area (Å²) in [6, 6.07) is -0.569. The van der Waals surface area contributed by atoms with Gasteiger partial charge in [-0.25, -0.2) is 4.79 Å². The summed E-state index contributed by atoms with van der Waals surface area (Å²) in [5.74, 6) is -0.0851. The van der Waals surface area contributed by atoms with E-state index in [0.29, 0.717) is 25.0 Å². The Bertz CT molecular complexity index is 287. The van der Waals surface area contributed by atoms with Crippen LogP contribution in [-0.2, 0) is 19.1 Å². The minimum atomic E-state index is -0.569. The lowest BCUT2D eigenvalue weighted by Crippen LogP contribution is -2.42. The van der Waals surface area contributed by atoms with E-state index >= 15 is 0 Å². The Hall–Kier alpha value is -1.10. The van der Waals surface area contributed by atoms with E-state index in [9.17, 15) is 9.59 Å². The molecule has 0 heterocycles. The molecule has 1 aliphatic rings. The molecule has 104 valence electrons. The smallest absolute Gasteiger partial charge is 0.328 e. The van der Waals surface area contributed by atoms with Crippen LogP contribution in [0.5, 0.6) is 0 Å². The van der Waals surface area contributed by atoms with Crippen molar-refractivity contribution in [3.8, 4) is 0 Å². The second-order valence-corrected chi connectivity index (χ2v) is 4.66. The Kier molecular flexibility index (Phi) is 6.12. The van der Waals surface area contributed by atoms with Crippen LogP contribution in [0.2, 0.25) is 0 Å². The summed E-state index contributed by atoms with van der Waals surface area (Å²) >= 11 is 0. The van der Waals surface area contributed by atoms with Gasteiger partial charge in [0.1, 0.15) is 6.04 Å². The Balaban J connectivity index is 2.17. The third kappa shape index (κ3) is 4.64. The number of amides is 1. The largest absolute Gasteiger partial charge is 0.464 e. The van der Waals surface area contributed by atoms with Crippen LogP contribution < -0.4 is 5.32 Å². The van der Waals surface area contributed by atoms with Crippen LogP contribution in [-0.4, -0.2) is 37.2 Å². The van der Waals surface area contributed by atoms with Gasteiger partial charge in [-0.1, -0.05) is 0 Å². The standard InChI is InChI=1S/C13H23NO4/c1-4-17-11-6-10(7-11)8-12(15)14-9(3)13(16)18-5-2/h9-11H,4-8H2,1-3H3,(H,14,15). The monoisotopic (exact) mass is 257 g/mol. The van der Waals surface area contributed by atoms with Crippen LogP contribution >= 0.6 is 0 Å². The molecule has 1 unspecified atom stereocenters. The molecule has 5 nitrogen and oxygen atoms in total. The highest BCUT2D eigenvalue weighted by atomic mass is 16.5. The first-order valence-electron chi connectivity index (χ1n) is 6.64. The molecule has 1 saturated carbocycles. The van der Waals surface area contributed by atoms with E-state index in [1.165, 1.54) is 0 Å². The van der Waals surface area contributed by atoms with Crippen molar-refractivity contribution in [1.29, 1.82) is 0 Å². The first-order valence-corrected chi connectivity index (χ1v) is 6.64. The quantitative estimate of drug-likeness (QED) is 0.697. The molecule has 0 saturated heterocycles. The molecule has 1 atom stereocenters. The molecule has 1 aliphatic carbocycles. The predicted molar refractivity (Wildman–Crippen MR) is 67.0 cm³/mol. The number of esters is 1. The molecule has 1 rings (SSSR count). The Morgan fingerprint density at radius 1 is 1.28 bits per heavy atom. The predicted octanol–water partition coefficient (Wildman–Crippen LogP) is 1.26. The Morgan fingerprint density at radius 3 is 2.50 bits per heavy atom. The van der Waals surface area contributed by atoms with Crippen molar-refractivity contribution in [1.82, 2.24) is 5.32 Å². The van der Waals surface area contributed by atoms with E-state index in [4.69, 9.17) is 9.47 Å². The zero-order valence-electron chi connectivity index (χ0n) is 11.4. The lowest BCUT2D eigenvalue weighted by atomic mass is 9.80. The van der Waals surface area contributed by atoms with Crippen molar-refractivity contribution in [2.45, 2.75) is 52.2 Å². The number of carbonyl (C=O) groups excluding carboxylic acids is 2. The number of hydrogen-bond acceptors (Lipinski definition) is 4. The number of nitrogens with one attached hydrogen (secondary N) is 1. The van der Waals surface area contributed by atoms with Crippen LogP contribution in [0, 0.1) is 5.92 Å². The van der Waals surface area contributed by atoms with Crippen LogP contribution in [0.25, 0.3) is 0 Å². The van der Waals surface area contributed by atoms with Gasteiger partial charge in [0, 0.05) is 13.0 Å². The lowest BCUT2D eigenvalue weighted by molar-refractivity contribution is -0.147. The van der Waals surface area contributed by atoms with Gasteiger partial charge in [0.15, 0.2) is 0 Å². The Morgan fingerprint density at radius 2 is 1.94 bits per heavy atom. The fourth-order valence-corrected chi connectivity index (χ4v) is 2.10. The molecular formula is C13H23NO4. The van der Waals surface area contributed by atoms with E-state index in [2.05, 4.69) is 5.32 Å². The maximum Gasteiger partial charge on any atom is 0.328 e. The van der Waals surface area contributed by atoms with Gasteiger partial charge in [0.2, 0.25) is 5.91 Å². The van der Waals surface area contributed by atoms with E-state index in [1.807, 2.05) is 6.92 Å². The first kappa shape index (κ1) is 15.0. The summed E-state index contributed by atoms with van der Waals surface area (Å²) < 4.78 is 10.3. The fraction of sp³-hybridized carbons (Fsp3) is 0.846. The number of rotatable bonds is 7. The molecule has 0 aromatic heterocycles. The maximum absolute atomic E-state index is 11.7. The molecule has 0 spiro atoms. The second kappa shape index (κ2) is 7.36. The third-order valence-electron chi connectivity index (χ3n) is 3.09. The van der Waals surface area contributed by atoms with Crippen LogP contribution in [0.15, 0.2) is 0 Å². The topological polar surface area (TPSA) is 64.6 Å². The number of hydrogen-bond donors (Lipinski definition) is 1. The molecule has 5 heteroatoms. The molecule has 0 bridgehead atoms. The summed E-state index contributed by atoms with van der Waals surface area (Å²) in [4.78, 5) is 23.0. The van der Waals surface area contributed by atoms with E-state index in [1.54, 1.807) is 13.8 Å². The highest BCUT2D eigenvalue weighted by Gasteiger charge is 2.31.